The summed E-state index contributed by atoms with van der Waals surface area (Å²) in [5.74, 6) is -1.77. The lowest BCUT2D eigenvalue weighted by atomic mass is 10.1. The van der Waals surface area contributed by atoms with Crippen LogP contribution in [0.3, 0.4) is 0 Å². The van der Waals surface area contributed by atoms with Crippen molar-refractivity contribution < 1.29 is 19.4 Å². The van der Waals surface area contributed by atoms with E-state index in [1.54, 1.807) is 4.90 Å². The Kier molecular flexibility index (Phi) is 2.66. The minimum absolute atomic E-state index is 0.0271. The molecule has 1 aliphatic carbocycles. The van der Waals surface area contributed by atoms with Crippen LogP contribution in [0.25, 0.3) is 0 Å². The molecule has 2 atom stereocenters. The summed E-state index contributed by atoms with van der Waals surface area (Å²) in [6.07, 6.45) is 0. The van der Waals surface area contributed by atoms with E-state index in [2.05, 4.69) is 0 Å². The molecule has 0 aromatic rings. The second-order valence-corrected chi connectivity index (χ2v) is 5.05. The highest BCUT2D eigenvalue weighted by atomic mass is 16.5. The lowest BCUT2D eigenvalue weighted by Crippen LogP contribution is -2.42. The minimum Gasteiger partial charge on any atom is -0.481 e. The molecule has 0 bridgehead atoms. The molecule has 0 aromatic heterocycles. The van der Waals surface area contributed by atoms with Gasteiger partial charge in [0.2, 0.25) is 5.91 Å². The lowest BCUT2D eigenvalue weighted by molar-refractivity contribution is -0.143. The Morgan fingerprint density at radius 3 is 2.25 bits per heavy atom. The number of aliphatic carboxylic acids is 1. The first-order chi connectivity index (χ1) is 7.46. The van der Waals surface area contributed by atoms with Crippen LogP contribution in [0.4, 0.5) is 0 Å². The molecule has 1 N–H and O–H groups in total. The second-order valence-electron chi connectivity index (χ2n) is 5.05. The summed E-state index contributed by atoms with van der Waals surface area (Å²) in [5.41, 5.74) is -0.402. The van der Waals surface area contributed by atoms with Crippen molar-refractivity contribution in [1.29, 1.82) is 0 Å². The highest BCUT2D eigenvalue weighted by Crippen LogP contribution is 2.59. The van der Waals surface area contributed by atoms with Crippen LogP contribution in [0.2, 0.25) is 0 Å². The van der Waals surface area contributed by atoms with Crippen molar-refractivity contribution in [3.05, 3.63) is 0 Å². The van der Waals surface area contributed by atoms with E-state index >= 15 is 0 Å². The number of hydrogen-bond donors (Lipinski definition) is 1. The third-order valence-electron chi connectivity index (χ3n) is 3.68. The number of nitrogens with zero attached hydrogens (tertiary/aromatic N) is 1. The number of ether oxygens (including phenoxy) is 1. The maximum Gasteiger partial charge on any atom is 0.307 e. The summed E-state index contributed by atoms with van der Waals surface area (Å²) in [6.45, 7) is 5.95. The van der Waals surface area contributed by atoms with E-state index in [4.69, 9.17) is 9.84 Å². The molecule has 2 aliphatic rings. The van der Waals surface area contributed by atoms with Crippen molar-refractivity contribution in [1.82, 2.24) is 4.90 Å². The number of carbonyl (C=O) groups excluding carboxylic acids is 1. The zero-order chi connectivity index (χ0) is 11.9. The Bertz CT molecular complexity index is 320. The first-order valence-electron chi connectivity index (χ1n) is 5.55. The zero-order valence-corrected chi connectivity index (χ0v) is 9.60. The largest absolute Gasteiger partial charge is 0.481 e. The lowest BCUT2D eigenvalue weighted by Gasteiger charge is -2.27. The van der Waals surface area contributed by atoms with Crippen LogP contribution in [0.1, 0.15) is 13.8 Å². The van der Waals surface area contributed by atoms with E-state index < -0.39 is 17.3 Å². The summed E-state index contributed by atoms with van der Waals surface area (Å²) in [4.78, 5) is 24.8. The van der Waals surface area contributed by atoms with Gasteiger partial charge in [0.15, 0.2) is 0 Å². The summed E-state index contributed by atoms with van der Waals surface area (Å²) in [7, 11) is 0. The van der Waals surface area contributed by atoms with Gasteiger partial charge in [-0.15, -0.1) is 0 Å². The molecule has 1 saturated heterocycles. The molecule has 0 radical (unpaired) electrons. The molecular weight excluding hydrogens is 210 g/mol. The first-order valence-corrected chi connectivity index (χ1v) is 5.55. The average molecular weight is 227 g/mol. The van der Waals surface area contributed by atoms with E-state index in [9.17, 15) is 9.59 Å². The number of carbonyl (C=O) groups is 2. The molecule has 2 fully saturated rings. The predicted octanol–water partition coefficient (Wildman–Crippen LogP) is 0.202. The Hall–Kier alpha value is -1.10. The molecule has 5 nitrogen and oxygen atoms in total. The van der Waals surface area contributed by atoms with E-state index in [-0.39, 0.29) is 11.8 Å². The molecule has 1 saturated carbocycles. The van der Waals surface area contributed by atoms with Gasteiger partial charge >= 0.3 is 5.97 Å². The van der Waals surface area contributed by atoms with Crippen molar-refractivity contribution in [2.75, 3.05) is 26.3 Å². The SMILES string of the molecule is CC1(C)[C@H](C(=O)O)[C@H]1C(=O)N1CCOCC1. The van der Waals surface area contributed by atoms with E-state index in [1.807, 2.05) is 13.8 Å². The zero-order valence-electron chi connectivity index (χ0n) is 9.60. The quantitative estimate of drug-likeness (QED) is 0.732. The monoisotopic (exact) mass is 227 g/mol. The van der Waals surface area contributed by atoms with Gasteiger partial charge in [0.1, 0.15) is 0 Å². The van der Waals surface area contributed by atoms with Crippen LogP contribution in [0.5, 0.6) is 0 Å². The van der Waals surface area contributed by atoms with Crippen LogP contribution >= 0.6 is 0 Å². The minimum atomic E-state index is -0.864. The van der Waals surface area contributed by atoms with Gasteiger partial charge in [0.05, 0.1) is 25.0 Å². The van der Waals surface area contributed by atoms with Crippen molar-refractivity contribution in [3.63, 3.8) is 0 Å². The van der Waals surface area contributed by atoms with Gasteiger partial charge in [-0.2, -0.15) is 0 Å². The maximum absolute atomic E-state index is 12.1. The molecule has 1 amide bonds. The molecule has 16 heavy (non-hydrogen) atoms. The number of hydrogen-bond acceptors (Lipinski definition) is 3. The van der Waals surface area contributed by atoms with Gasteiger partial charge in [-0.3, -0.25) is 9.59 Å². The van der Waals surface area contributed by atoms with Gasteiger partial charge in [-0.1, -0.05) is 13.8 Å². The van der Waals surface area contributed by atoms with E-state index in [1.165, 1.54) is 0 Å². The predicted molar refractivity (Wildman–Crippen MR) is 55.8 cm³/mol. The molecular formula is C11H17NO4. The number of morpholine rings is 1. The summed E-state index contributed by atoms with van der Waals surface area (Å²) in [5, 5.41) is 9.01. The molecule has 0 aromatic carbocycles. The van der Waals surface area contributed by atoms with Crippen molar-refractivity contribution in [2.24, 2.45) is 17.3 Å². The highest BCUT2D eigenvalue weighted by Gasteiger charge is 2.66. The number of amides is 1. The smallest absolute Gasteiger partial charge is 0.307 e. The van der Waals surface area contributed by atoms with Crippen molar-refractivity contribution >= 4 is 11.9 Å². The number of rotatable bonds is 2. The molecule has 2 rings (SSSR count). The highest BCUT2D eigenvalue weighted by molar-refractivity contribution is 5.91. The standard InChI is InChI=1S/C11H17NO4/c1-11(2)7(8(11)10(14)15)9(13)12-3-5-16-6-4-12/h7-8H,3-6H2,1-2H3,(H,14,15)/t7-,8-/m0/s1. The van der Waals surface area contributed by atoms with E-state index in [0.29, 0.717) is 26.3 Å². The Morgan fingerprint density at radius 2 is 1.81 bits per heavy atom. The fourth-order valence-electron chi connectivity index (χ4n) is 2.54. The molecule has 1 heterocycles. The third kappa shape index (κ3) is 1.69. The van der Waals surface area contributed by atoms with Crippen LogP contribution < -0.4 is 0 Å². The maximum atomic E-state index is 12.1. The van der Waals surface area contributed by atoms with Gasteiger partial charge in [0, 0.05) is 13.1 Å². The summed E-state index contributed by atoms with van der Waals surface area (Å²) in [6, 6.07) is 0. The Morgan fingerprint density at radius 1 is 1.25 bits per heavy atom. The molecule has 5 heteroatoms. The Labute approximate surface area is 94.4 Å². The second kappa shape index (κ2) is 3.73. The van der Waals surface area contributed by atoms with Gasteiger partial charge in [-0.25, -0.2) is 0 Å². The van der Waals surface area contributed by atoms with Crippen LogP contribution in [-0.2, 0) is 14.3 Å². The van der Waals surface area contributed by atoms with Crippen LogP contribution in [0, 0.1) is 17.3 Å². The van der Waals surface area contributed by atoms with Crippen LogP contribution in [-0.4, -0.2) is 48.2 Å². The fourth-order valence-corrected chi connectivity index (χ4v) is 2.54. The molecule has 0 spiro atoms. The topological polar surface area (TPSA) is 66.8 Å². The average Bonchev–Trinajstić information content (AvgIpc) is 2.82. The summed E-state index contributed by atoms with van der Waals surface area (Å²) < 4.78 is 5.17. The number of carboxylic acid groups (broad SMARTS) is 1. The van der Waals surface area contributed by atoms with Crippen molar-refractivity contribution in [3.8, 4) is 0 Å². The normalized spacial score (nSPS) is 32.2. The van der Waals surface area contributed by atoms with Gasteiger partial charge < -0.3 is 14.7 Å². The first kappa shape index (κ1) is 11.4. The van der Waals surface area contributed by atoms with Crippen LogP contribution in [0.15, 0.2) is 0 Å². The molecule has 1 aliphatic heterocycles. The van der Waals surface area contributed by atoms with Crippen molar-refractivity contribution in [2.45, 2.75) is 13.8 Å². The molecule has 0 unspecified atom stereocenters. The molecule has 90 valence electrons. The summed E-state index contributed by atoms with van der Waals surface area (Å²) >= 11 is 0. The van der Waals surface area contributed by atoms with E-state index in [0.717, 1.165) is 0 Å². The Balaban J connectivity index is 2.03. The fraction of sp³-hybridized carbons (Fsp3) is 0.818. The van der Waals surface area contributed by atoms with Gasteiger partial charge in [-0.05, 0) is 5.41 Å². The third-order valence-corrected chi connectivity index (χ3v) is 3.68. The number of carboxylic acids is 1. The van der Waals surface area contributed by atoms with Gasteiger partial charge in [0.25, 0.3) is 0 Å².